The highest BCUT2D eigenvalue weighted by molar-refractivity contribution is 6.61. The average Bonchev–Trinajstić information content (AvgIpc) is 2.17. The normalized spacial score (nSPS) is 20.3. The van der Waals surface area contributed by atoms with E-state index < -0.39 is 0 Å². The third kappa shape index (κ3) is 2.58. The predicted octanol–water partition coefficient (Wildman–Crippen LogP) is 1.16. The Bertz CT molecular complexity index is 344. The van der Waals surface area contributed by atoms with Crippen LogP contribution in [0.2, 0.25) is 0 Å². The zero-order chi connectivity index (χ0) is 10.9. The summed E-state index contributed by atoms with van der Waals surface area (Å²) >= 11 is 0. The van der Waals surface area contributed by atoms with Gasteiger partial charge in [-0.2, -0.15) is 0 Å². The highest BCUT2D eigenvalue weighted by Crippen LogP contribution is 2.21. The van der Waals surface area contributed by atoms with E-state index in [1.54, 1.807) is 6.20 Å². The molecule has 1 aliphatic heterocycles. The standard InChI is InChI=1S/C11H16BNO2/c1-9-6-10(4-5-13-9)12-14-7-11(2,3)8-15-12/h4-6H,7-8H2,1-3H3. The van der Waals surface area contributed by atoms with Gasteiger partial charge in [-0.1, -0.05) is 13.8 Å². The van der Waals surface area contributed by atoms with Crippen LogP contribution < -0.4 is 5.46 Å². The van der Waals surface area contributed by atoms with Crippen LogP contribution in [0, 0.1) is 12.3 Å². The fraction of sp³-hybridized carbons (Fsp3) is 0.545. The smallest absolute Gasteiger partial charge is 0.407 e. The Kier molecular flexibility index (Phi) is 2.80. The van der Waals surface area contributed by atoms with Gasteiger partial charge in [-0.25, -0.2) is 0 Å². The predicted molar refractivity (Wildman–Crippen MR) is 60.0 cm³/mol. The Balaban J connectivity index is 2.08. The van der Waals surface area contributed by atoms with Crippen LogP contribution in [-0.4, -0.2) is 25.3 Å². The lowest BCUT2D eigenvalue weighted by molar-refractivity contribution is 0.0343. The van der Waals surface area contributed by atoms with Crippen molar-refractivity contribution in [3.8, 4) is 0 Å². The largest absolute Gasteiger partial charge is 0.494 e. The van der Waals surface area contributed by atoms with E-state index in [0.29, 0.717) is 0 Å². The molecule has 1 fully saturated rings. The topological polar surface area (TPSA) is 31.4 Å². The summed E-state index contributed by atoms with van der Waals surface area (Å²) in [5, 5.41) is 0. The Morgan fingerprint density at radius 1 is 1.33 bits per heavy atom. The van der Waals surface area contributed by atoms with Crippen LogP contribution >= 0.6 is 0 Å². The molecule has 0 N–H and O–H groups in total. The minimum atomic E-state index is -0.222. The van der Waals surface area contributed by atoms with Crippen LogP contribution in [0.1, 0.15) is 19.5 Å². The van der Waals surface area contributed by atoms with Gasteiger partial charge in [-0.15, -0.1) is 0 Å². The maximum Gasteiger partial charge on any atom is 0.494 e. The number of aryl methyl sites for hydroxylation is 1. The van der Waals surface area contributed by atoms with Crippen LogP contribution in [0.4, 0.5) is 0 Å². The molecule has 4 heteroatoms. The Morgan fingerprint density at radius 2 is 2.00 bits per heavy atom. The highest BCUT2D eigenvalue weighted by atomic mass is 16.6. The molecule has 1 aliphatic rings. The van der Waals surface area contributed by atoms with Gasteiger partial charge in [0.25, 0.3) is 0 Å². The van der Waals surface area contributed by atoms with Crippen LogP contribution in [0.5, 0.6) is 0 Å². The van der Waals surface area contributed by atoms with E-state index in [2.05, 4.69) is 18.8 Å². The lowest BCUT2D eigenvalue weighted by atomic mass is 9.76. The van der Waals surface area contributed by atoms with Crippen molar-refractivity contribution in [2.24, 2.45) is 5.41 Å². The molecule has 1 saturated heterocycles. The van der Waals surface area contributed by atoms with Crippen LogP contribution in [0.25, 0.3) is 0 Å². The molecule has 1 aromatic rings. The molecule has 0 radical (unpaired) electrons. The molecule has 0 amide bonds. The van der Waals surface area contributed by atoms with Gasteiger partial charge in [0, 0.05) is 30.5 Å². The molecule has 1 aromatic heterocycles. The quantitative estimate of drug-likeness (QED) is 0.644. The maximum absolute atomic E-state index is 5.68. The summed E-state index contributed by atoms with van der Waals surface area (Å²) in [5.41, 5.74) is 2.17. The number of nitrogens with zero attached hydrogens (tertiary/aromatic N) is 1. The summed E-state index contributed by atoms with van der Waals surface area (Å²) in [6.07, 6.45) is 1.79. The Labute approximate surface area is 91.0 Å². The molecular weight excluding hydrogens is 189 g/mol. The minimum absolute atomic E-state index is 0.124. The second-order valence-electron chi connectivity index (χ2n) is 4.85. The van der Waals surface area contributed by atoms with Gasteiger partial charge in [0.05, 0.1) is 0 Å². The second-order valence-corrected chi connectivity index (χ2v) is 4.85. The molecule has 0 spiro atoms. The summed E-state index contributed by atoms with van der Waals surface area (Å²) in [5.74, 6) is 0. The van der Waals surface area contributed by atoms with E-state index in [4.69, 9.17) is 9.31 Å². The first-order chi connectivity index (χ1) is 7.07. The molecule has 2 rings (SSSR count). The van der Waals surface area contributed by atoms with Gasteiger partial charge < -0.3 is 9.31 Å². The fourth-order valence-electron chi connectivity index (χ4n) is 1.60. The van der Waals surface area contributed by atoms with Crippen molar-refractivity contribution in [3.05, 3.63) is 24.0 Å². The van der Waals surface area contributed by atoms with Gasteiger partial charge in [-0.05, 0) is 24.5 Å². The van der Waals surface area contributed by atoms with Gasteiger partial charge >= 0.3 is 7.12 Å². The molecule has 2 heterocycles. The number of hydrogen-bond acceptors (Lipinski definition) is 3. The number of hydrogen-bond donors (Lipinski definition) is 0. The lowest BCUT2D eigenvalue weighted by Crippen LogP contribution is -2.47. The van der Waals surface area contributed by atoms with Crippen molar-refractivity contribution in [3.63, 3.8) is 0 Å². The van der Waals surface area contributed by atoms with E-state index in [9.17, 15) is 0 Å². The van der Waals surface area contributed by atoms with Gasteiger partial charge in [0.15, 0.2) is 0 Å². The molecule has 15 heavy (non-hydrogen) atoms. The molecule has 0 atom stereocenters. The zero-order valence-corrected chi connectivity index (χ0v) is 9.49. The second kappa shape index (κ2) is 3.95. The van der Waals surface area contributed by atoms with Gasteiger partial charge in [0.2, 0.25) is 0 Å². The number of aromatic nitrogens is 1. The van der Waals surface area contributed by atoms with Gasteiger partial charge in [-0.3, -0.25) is 4.98 Å². The lowest BCUT2D eigenvalue weighted by Gasteiger charge is -2.33. The molecular formula is C11H16BNO2. The third-order valence-corrected chi connectivity index (χ3v) is 2.44. The van der Waals surface area contributed by atoms with Crippen LogP contribution in [0.3, 0.4) is 0 Å². The van der Waals surface area contributed by atoms with Gasteiger partial charge in [0.1, 0.15) is 0 Å². The van der Waals surface area contributed by atoms with E-state index in [-0.39, 0.29) is 12.5 Å². The third-order valence-electron chi connectivity index (χ3n) is 2.44. The first-order valence-corrected chi connectivity index (χ1v) is 5.23. The van der Waals surface area contributed by atoms with E-state index in [1.807, 2.05) is 19.1 Å². The molecule has 0 aromatic carbocycles. The van der Waals surface area contributed by atoms with Crippen LogP contribution in [0.15, 0.2) is 18.3 Å². The van der Waals surface area contributed by atoms with E-state index in [1.165, 1.54) is 0 Å². The molecule has 3 nitrogen and oxygen atoms in total. The van der Waals surface area contributed by atoms with Crippen molar-refractivity contribution >= 4 is 12.6 Å². The van der Waals surface area contributed by atoms with Crippen molar-refractivity contribution in [1.82, 2.24) is 4.98 Å². The van der Waals surface area contributed by atoms with Crippen molar-refractivity contribution in [2.45, 2.75) is 20.8 Å². The summed E-state index contributed by atoms with van der Waals surface area (Å²) in [6, 6.07) is 3.94. The minimum Gasteiger partial charge on any atom is -0.407 e. The van der Waals surface area contributed by atoms with Crippen LogP contribution in [-0.2, 0) is 9.31 Å². The van der Waals surface area contributed by atoms with Crippen molar-refractivity contribution in [1.29, 1.82) is 0 Å². The first kappa shape index (κ1) is 10.6. The van der Waals surface area contributed by atoms with Crippen molar-refractivity contribution in [2.75, 3.05) is 13.2 Å². The molecule has 0 unspecified atom stereocenters. The Morgan fingerprint density at radius 3 is 2.60 bits per heavy atom. The first-order valence-electron chi connectivity index (χ1n) is 5.23. The van der Waals surface area contributed by atoms with E-state index in [0.717, 1.165) is 24.4 Å². The fourth-order valence-corrected chi connectivity index (χ4v) is 1.60. The SMILES string of the molecule is Cc1cc(B2OCC(C)(C)CO2)ccn1. The number of rotatable bonds is 1. The van der Waals surface area contributed by atoms with E-state index >= 15 is 0 Å². The summed E-state index contributed by atoms with van der Waals surface area (Å²) in [6.45, 7) is 7.72. The molecule has 0 saturated carbocycles. The molecule has 80 valence electrons. The monoisotopic (exact) mass is 205 g/mol. The molecule has 0 bridgehead atoms. The summed E-state index contributed by atoms with van der Waals surface area (Å²) in [4.78, 5) is 4.15. The summed E-state index contributed by atoms with van der Waals surface area (Å²) in [7, 11) is -0.222. The Hall–Kier alpha value is -0.865. The van der Waals surface area contributed by atoms with Crippen molar-refractivity contribution < 1.29 is 9.31 Å². The average molecular weight is 205 g/mol. The maximum atomic E-state index is 5.68. The number of pyridine rings is 1. The highest BCUT2D eigenvalue weighted by Gasteiger charge is 2.33. The summed E-state index contributed by atoms with van der Waals surface area (Å²) < 4.78 is 11.4. The molecule has 0 aliphatic carbocycles. The zero-order valence-electron chi connectivity index (χ0n) is 9.49.